The van der Waals surface area contributed by atoms with E-state index in [4.69, 9.17) is 18.6 Å². The average Bonchev–Trinajstić information content (AvgIpc) is 2.87. The predicted octanol–water partition coefficient (Wildman–Crippen LogP) is -0.880. The molecule has 1 saturated heterocycles. The molecule has 4 N–H and O–H groups in total. The van der Waals surface area contributed by atoms with Crippen molar-refractivity contribution in [3.63, 3.8) is 0 Å². The van der Waals surface area contributed by atoms with Gasteiger partial charge < -0.3 is 48.2 Å². The van der Waals surface area contributed by atoms with Gasteiger partial charge in [0.05, 0.1) is 7.11 Å². The Balaban J connectivity index is 1.87. The molecule has 0 bridgehead atoms. The molecule has 4 rings (SSSR count). The van der Waals surface area contributed by atoms with Crippen molar-refractivity contribution in [1.82, 2.24) is 0 Å². The second-order valence-corrected chi connectivity index (χ2v) is 10.5. The van der Waals surface area contributed by atoms with Crippen molar-refractivity contribution in [2.75, 3.05) is 7.11 Å². The van der Waals surface area contributed by atoms with Crippen molar-refractivity contribution in [2.45, 2.75) is 30.7 Å². The summed E-state index contributed by atoms with van der Waals surface area (Å²) < 4.78 is 96.7. The number of carbonyl (C=O) groups is 1. The summed E-state index contributed by atoms with van der Waals surface area (Å²) in [5.41, 5.74) is -1.32. The summed E-state index contributed by atoms with van der Waals surface area (Å²) in [4.78, 5) is 24.7. The summed E-state index contributed by atoms with van der Waals surface area (Å²) in [6.07, 6.45) is -13.1. The summed E-state index contributed by atoms with van der Waals surface area (Å²) >= 11 is 0. The van der Waals surface area contributed by atoms with E-state index in [1.165, 1.54) is 31.4 Å². The first-order chi connectivity index (χ1) is 19.5. The molecular weight excluding hydrogens is 616 g/mol. The van der Waals surface area contributed by atoms with E-state index in [1.54, 1.807) is 0 Å². The monoisotopic (exact) mass is 634 g/mol. The maximum absolute atomic E-state index is 12.9. The fraction of sp³-hybridized carbons (Fsp3) is 0.273. The highest BCUT2D eigenvalue weighted by Gasteiger charge is 2.53. The van der Waals surface area contributed by atoms with Crippen LogP contribution in [-0.2, 0) is 38.7 Å². The van der Waals surface area contributed by atoms with Crippen LogP contribution in [0.25, 0.3) is 22.3 Å². The molecule has 18 nitrogen and oxygen atoms in total. The first-order valence-corrected chi connectivity index (χ1v) is 13.8. The van der Waals surface area contributed by atoms with Crippen molar-refractivity contribution in [2.24, 2.45) is 0 Å². The molecule has 0 radical (unpaired) electrons. The number of ether oxygens (including phenoxy) is 3. The second kappa shape index (κ2) is 11.3. The average molecular weight is 635 g/mol. The number of phenols is 2. The molecule has 42 heavy (non-hydrogen) atoms. The van der Waals surface area contributed by atoms with E-state index in [2.05, 4.69) is 8.37 Å². The minimum absolute atomic E-state index is 0.165. The molecule has 1 aromatic heterocycles. The molecule has 1 aliphatic rings. The molecule has 0 saturated carbocycles. The second-order valence-electron chi connectivity index (χ2n) is 8.46. The number of fused-ring (bicyclic) bond motifs is 1. The Kier molecular flexibility index (Phi) is 8.35. The van der Waals surface area contributed by atoms with Gasteiger partial charge in [0.2, 0.25) is 32.8 Å². The lowest BCUT2D eigenvalue weighted by Gasteiger charge is -2.42. The lowest BCUT2D eigenvalue weighted by Crippen LogP contribution is -2.63. The maximum Gasteiger partial charge on any atom is 0.335 e. The van der Waals surface area contributed by atoms with E-state index < -0.39 is 91.1 Å². The number of aromatic hydroxyl groups is 2. The number of phenolic OH excluding ortho intramolecular Hbond substituents is 2. The largest absolute Gasteiger partial charge is 0.726 e. The first-order valence-electron chi connectivity index (χ1n) is 11.2. The summed E-state index contributed by atoms with van der Waals surface area (Å²) in [5.74, 6) is -4.53. The third-order valence-corrected chi connectivity index (χ3v) is 6.66. The molecule has 3 aromatic rings. The smallest absolute Gasteiger partial charge is 0.335 e. The number of carboxylic acid groups (broad SMARTS) is 1. The molecule has 5 atom stereocenters. The Morgan fingerprint density at radius 3 is 2.10 bits per heavy atom. The Labute approximate surface area is 234 Å². The predicted molar refractivity (Wildman–Crippen MR) is 130 cm³/mol. The molecule has 2 aromatic carbocycles. The van der Waals surface area contributed by atoms with Crippen LogP contribution in [0.4, 0.5) is 0 Å². The molecule has 2 heterocycles. The third-order valence-electron chi connectivity index (χ3n) is 5.75. The summed E-state index contributed by atoms with van der Waals surface area (Å²) in [5, 5.41) is 40.3. The highest BCUT2D eigenvalue weighted by atomic mass is 32.3. The Bertz CT molecular complexity index is 1780. The molecule has 1 aliphatic heterocycles. The van der Waals surface area contributed by atoms with Crippen LogP contribution in [0.15, 0.2) is 45.6 Å². The molecule has 0 amide bonds. The van der Waals surface area contributed by atoms with Gasteiger partial charge >= 0.3 is 5.97 Å². The van der Waals surface area contributed by atoms with Gasteiger partial charge in [0.1, 0.15) is 34.9 Å². The van der Waals surface area contributed by atoms with E-state index in [0.717, 1.165) is 6.07 Å². The van der Waals surface area contributed by atoms with Crippen molar-refractivity contribution in [1.29, 1.82) is 0 Å². The van der Waals surface area contributed by atoms with E-state index in [1.807, 2.05) is 0 Å². The van der Waals surface area contributed by atoms with Gasteiger partial charge in [0, 0.05) is 17.7 Å². The van der Waals surface area contributed by atoms with Crippen molar-refractivity contribution < 1.29 is 78.2 Å². The third kappa shape index (κ3) is 6.55. The standard InChI is InChI=1S/C22H20O18S2/c1-35-9-4-2-8(3-5-9)13-7-11(24)14-10(23)6-12(25)16(17(14)36-13)37-22-19(40-42(32,33)34)15(26)18(39-41(29,30)31)20(38-22)21(27)28/h2-7,15,18-20,22-23,25-26H,1H3,(H,27,28)(H,29,30,31)(H,32,33,34)/p-2/t15-,18+,19-,20+,22-/m1/s1. The minimum atomic E-state index is -5.79. The molecule has 228 valence electrons. The molecule has 0 spiro atoms. The highest BCUT2D eigenvalue weighted by Crippen LogP contribution is 2.42. The Morgan fingerprint density at radius 1 is 0.952 bits per heavy atom. The summed E-state index contributed by atoms with van der Waals surface area (Å²) in [7, 11) is -10.1. The summed E-state index contributed by atoms with van der Waals surface area (Å²) in [6.45, 7) is 0. The zero-order valence-electron chi connectivity index (χ0n) is 20.7. The molecule has 0 aliphatic carbocycles. The number of aliphatic hydroxyl groups excluding tert-OH is 1. The fourth-order valence-corrected chi connectivity index (χ4v) is 4.97. The molecule has 20 heteroatoms. The Morgan fingerprint density at radius 2 is 1.55 bits per heavy atom. The van der Waals surface area contributed by atoms with Crippen molar-refractivity contribution >= 4 is 37.7 Å². The quantitative estimate of drug-likeness (QED) is 0.164. The number of rotatable bonds is 9. The SMILES string of the molecule is COc1ccc(-c2cc(=O)c3c(O)cc(O)c(O[C@@H]4O[C@H](C(=O)O)[C@@H](OS(=O)(=O)[O-])[C@@H](O)[C@H]4OS(=O)(=O)[O-])c3o2)cc1. The van der Waals surface area contributed by atoms with Gasteiger partial charge in [-0.15, -0.1) is 0 Å². The minimum Gasteiger partial charge on any atom is -0.726 e. The van der Waals surface area contributed by atoms with Gasteiger partial charge in [-0.25, -0.2) is 21.6 Å². The van der Waals surface area contributed by atoms with Gasteiger partial charge in [-0.05, 0) is 24.3 Å². The van der Waals surface area contributed by atoms with Gasteiger partial charge in [-0.3, -0.25) is 13.2 Å². The number of benzene rings is 2. The van der Waals surface area contributed by atoms with Gasteiger partial charge in [-0.2, -0.15) is 0 Å². The molecule has 1 fully saturated rings. The van der Waals surface area contributed by atoms with Crippen molar-refractivity contribution in [3.8, 4) is 34.3 Å². The van der Waals surface area contributed by atoms with E-state index in [-0.39, 0.29) is 11.3 Å². The van der Waals surface area contributed by atoms with Crippen LogP contribution in [0, 0.1) is 0 Å². The fourth-order valence-electron chi connectivity index (χ4n) is 4.01. The topological polar surface area (TPSA) is 289 Å². The van der Waals surface area contributed by atoms with Crippen LogP contribution in [0.3, 0.4) is 0 Å². The number of aliphatic carboxylic acids is 1. The molecule has 0 unspecified atom stereocenters. The Hall–Kier alpha value is -4.02. The van der Waals surface area contributed by atoms with Gasteiger partial charge in [0.25, 0.3) is 0 Å². The van der Waals surface area contributed by atoms with E-state index in [9.17, 15) is 56.0 Å². The van der Waals surface area contributed by atoms with Crippen LogP contribution < -0.4 is 14.9 Å². The molecular formula is C22H18O18S2-2. The number of hydrogen-bond acceptors (Lipinski definition) is 17. The van der Waals surface area contributed by atoms with Gasteiger partial charge in [0.15, 0.2) is 29.0 Å². The van der Waals surface area contributed by atoms with Gasteiger partial charge in [-0.1, -0.05) is 0 Å². The van der Waals surface area contributed by atoms with E-state index in [0.29, 0.717) is 11.8 Å². The number of carboxylic acids is 1. The maximum atomic E-state index is 12.9. The van der Waals surface area contributed by atoms with Crippen molar-refractivity contribution in [3.05, 3.63) is 46.6 Å². The van der Waals surface area contributed by atoms with E-state index >= 15 is 0 Å². The number of aliphatic hydroxyl groups is 1. The van der Waals surface area contributed by atoms with Crippen LogP contribution >= 0.6 is 0 Å². The van der Waals surface area contributed by atoms with Crippen LogP contribution in [0.5, 0.6) is 23.0 Å². The first kappa shape index (κ1) is 30.9. The highest BCUT2D eigenvalue weighted by molar-refractivity contribution is 7.81. The van der Waals surface area contributed by atoms with Crippen LogP contribution in [0.1, 0.15) is 0 Å². The lowest BCUT2D eigenvalue weighted by molar-refractivity contribution is -0.261. The van der Waals surface area contributed by atoms with Crippen LogP contribution in [0.2, 0.25) is 0 Å². The lowest BCUT2D eigenvalue weighted by atomic mass is 9.99. The zero-order valence-corrected chi connectivity index (χ0v) is 22.3. The number of methoxy groups -OCH3 is 1. The normalized spacial score (nSPS) is 23.0. The zero-order chi connectivity index (χ0) is 31.1. The number of hydrogen-bond donors (Lipinski definition) is 4. The van der Waals surface area contributed by atoms with Crippen LogP contribution in [-0.4, -0.2) is 90.2 Å². The summed E-state index contributed by atoms with van der Waals surface area (Å²) in [6, 6.07) is 7.51.